The summed E-state index contributed by atoms with van der Waals surface area (Å²) in [5, 5.41) is 12.3. The molecule has 3 heterocycles. The topological polar surface area (TPSA) is 52.0 Å². The smallest absolute Gasteiger partial charge is 0.128 e. The number of anilines is 1. The zero-order valence-electron chi connectivity index (χ0n) is 10.6. The molecule has 0 bridgehead atoms. The quantitative estimate of drug-likeness (QED) is 0.851. The van der Waals surface area contributed by atoms with Crippen LogP contribution < -0.4 is 10.2 Å². The maximum Gasteiger partial charge on any atom is 0.128 e. The fourth-order valence-corrected chi connectivity index (χ4v) is 3.43. The molecular weight excluding hydrogens is 224 g/mol. The number of hydrogen-bond acceptors (Lipinski definition) is 4. The number of fused-ring (bicyclic) bond motifs is 1. The van der Waals surface area contributed by atoms with Crippen LogP contribution in [0.4, 0.5) is 5.82 Å². The van der Waals surface area contributed by atoms with Gasteiger partial charge in [-0.15, -0.1) is 0 Å². The summed E-state index contributed by atoms with van der Waals surface area (Å²) in [4.78, 5) is 6.87. The van der Waals surface area contributed by atoms with Gasteiger partial charge in [-0.1, -0.05) is 6.92 Å². The van der Waals surface area contributed by atoms with Crippen molar-refractivity contribution in [2.24, 2.45) is 11.8 Å². The van der Waals surface area contributed by atoms with Gasteiger partial charge in [-0.05, 0) is 30.4 Å². The van der Waals surface area contributed by atoms with Crippen molar-refractivity contribution in [1.29, 1.82) is 5.26 Å². The molecule has 2 aliphatic rings. The summed E-state index contributed by atoms with van der Waals surface area (Å²) in [6, 6.07) is 6.55. The fourth-order valence-electron chi connectivity index (χ4n) is 3.43. The Morgan fingerprint density at radius 3 is 3.06 bits per heavy atom. The average Bonchev–Trinajstić information content (AvgIpc) is 2.98. The molecule has 2 saturated heterocycles. The van der Waals surface area contributed by atoms with Crippen LogP contribution in [0.2, 0.25) is 0 Å². The Balaban J connectivity index is 1.85. The van der Waals surface area contributed by atoms with E-state index in [9.17, 15) is 0 Å². The van der Waals surface area contributed by atoms with Crippen LogP contribution in [0.25, 0.3) is 0 Å². The van der Waals surface area contributed by atoms with Gasteiger partial charge < -0.3 is 10.2 Å². The molecule has 0 amide bonds. The van der Waals surface area contributed by atoms with E-state index in [0.29, 0.717) is 11.6 Å². The molecular formula is C14H18N4. The highest BCUT2D eigenvalue weighted by molar-refractivity contribution is 5.45. The van der Waals surface area contributed by atoms with Crippen LogP contribution in [0.3, 0.4) is 0 Å². The van der Waals surface area contributed by atoms with Crippen LogP contribution in [0.5, 0.6) is 0 Å². The zero-order valence-corrected chi connectivity index (χ0v) is 10.6. The first-order chi connectivity index (χ1) is 8.83. The number of rotatable bonds is 2. The van der Waals surface area contributed by atoms with E-state index in [1.165, 1.54) is 0 Å². The second-order valence-electron chi connectivity index (χ2n) is 5.23. The van der Waals surface area contributed by atoms with E-state index in [4.69, 9.17) is 5.26 Å². The second-order valence-corrected chi connectivity index (χ2v) is 5.23. The Labute approximate surface area is 108 Å². The van der Waals surface area contributed by atoms with Crippen molar-refractivity contribution in [2.75, 3.05) is 24.5 Å². The number of hydrogen-bond donors (Lipinski definition) is 1. The van der Waals surface area contributed by atoms with E-state index in [1.54, 1.807) is 6.20 Å². The van der Waals surface area contributed by atoms with Gasteiger partial charge in [0.25, 0.3) is 0 Å². The van der Waals surface area contributed by atoms with Gasteiger partial charge in [0.15, 0.2) is 0 Å². The third kappa shape index (κ3) is 1.75. The number of nitriles is 1. The van der Waals surface area contributed by atoms with E-state index in [0.717, 1.165) is 43.7 Å². The third-order valence-corrected chi connectivity index (χ3v) is 4.31. The lowest BCUT2D eigenvalue weighted by molar-refractivity contribution is 0.441. The summed E-state index contributed by atoms with van der Waals surface area (Å²) in [7, 11) is 0. The monoisotopic (exact) mass is 242 g/mol. The van der Waals surface area contributed by atoms with E-state index >= 15 is 0 Å². The highest BCUT2D eigenvalue weighted by Gasteiger charge is 2.43. The lowest BCUT2D eigenvalue weighted by atomic mass is 9.93. The Bertz CT molecular complexity index is 462. The van der Waals surface area contributed by atoms with Crippen LogP contribution in [0.1, 0.15) is 18.9 Å². The Kier molecular flexibility index (Phi) is 2.92. The average molecular weight is 242 g/mol. The van der Waals surface area contributed by atoms with Crippen LogP contribution in [-0.4, -0.2) is 30.7 Å². The summed E-state index contributed by atoms with van der Waals surface area (Å²) in [6.07, 6.45) is 2.83. The minimum absolute atomic E-state index is 0.588. The van der Waals surface area contributed by atoms with Gasteiger partial charge >= 0.3 is 0 Å². The molecule has 0 aliphatic carbocycles. The van der Waals surface area contributed by atoms with Gasteiger partial charge in [-0.3, -0.25) is 0 Å². The minimum atomic E-state index is 0.588. The molecule has 2 aliphatic heterocycles. The Morgan fingerprint density at radius 2 is 2.39 bits per heavy atom. The van der Waals surface area contributed by atoms with Crippen molar-refractivity contribution in [3.8, 4) is 6.07 Å². The molecule has 2 fully saturated rings. The standard InChI is InChI=1S/C14H18N4/c1-2-13-12-8-16-7-11(12)9-18(13)14-4-3-10(5-15)6-17-14/h3-4,6,11-13,16H,2,7-9H2,1H3. The molecule has 4 heteroatoms. The molecule has 3 unspecified atom stereocenters. The van der Waals surface area contributed by atoms with Gasteiger partial charge in [0.05, 0.1) is 5.56 Å². The van der Waals surface area contributed by atoms with E-state index < -0.39 is 0 Å². The largest absolute Gasteiger partial charge is 0.353 e. The molecule has 3 rings (SSSR count). The molecule has 0 spiro atoms. The van der Waals surface area contributed by atoms with Gasteiger partial charge in [-0.25, -0.2) is 4.98 Å². The van der Waals surface area contributed by atoms with Gasteiger partial charge in [-0.2, -0.15) is 5.26 Å². The molecule has 18 heavy (non-hydrogen) atoms. The highest BCUT2D eigenvalue weighted by atomic mass is 15.3. The van der Waals surface area contributed by atoms with Crippen LogP contribution in [-0.2, 0) is 0 Å². The van der Waals surface area contributed by atoms with E-state index in [-0.39, 0.29) is 0 Å². The number of nitrogens with one attached hydrogen (secondary N) is 1. The van der Waals surface area contributed by atoms with Crippen molar-refractivity contribution in [2.45, 2.75) is 19.4 Å². The van der Waals surface area contributed by atoms with Crippen molar-refractivity contribution < 1.29 is 0 Å². The van der Waals surface area contributed by atoms with Gasteiger partial charge in [0, 0.05) is 31.9 Å². The number of nitrogens with zero attached hydrogens (tertiary/aromatic N) is 3. The van der Waals surface area contributed by atoms with Crippen molar-refractivity contribution in [3.63, 3.8) is 0 Å². The maximum atomic E-state index is 8.81. The number of aromatic nitrogens is 1. The zero-order chi connectivity index (χ0) is 12.5. The molecule has 4 nitrogen and oxygen atoms in total. The number of pyridine rings is 1. The molecule has 0 radical (unpaired) electrons. The second kappa shape index (κ2) is 4.58. The van der Waals surface area contributed by atoms with Crippen molar-refractivity contribution >= 4 is 5.82 Å². The molecule has 3 atom stereocenters. The Hall–Kier alpha value is -1.60. The van der Waals surface area contributed by atoms with Gasteiger partial charge in [0.2, 0.25) is 0 Å². The van der Waals surface area contributed by atoms with Crippen molar-refractivity contribution in [3.05, 3.63) is 23.9 Å². The normalized spacial score (nSPS) is 30.2. The first-order valence-corrected chi connectivity index (χ1v) is 6.67. The van der Waals surface area contributed by atoms with Gasteiger partial charge in [0.1, 0.15) is 11.9 Å². The molecule has 0 aromatic carbocycles. The van der Waals surface area contributed by atoms with Crippen LogP contribution in [0, 0.1) is 23.2 Å². The molecule has 1 N–H and O–H groups in total. The van der Waals surface area contributed by atoms with E-state index in [2.05, 4.69) is 28.2 Å². The third-order valence-electron chi connectivity index (χ3n) is 4.31. The predicted octanol–water partition coefficient (Wildman–Crippen LogP) is 1.39. The summed E-state index contributed by atoms with van der Waals surface area (Å²) in [6.45, 7) is 5.61. The summed E-state index contributed by atoms with van der Waals surface area (Å²) < 4.78 is 0. The summed E-state index contributed by atoms with van der Waals surface area (Å²) in [5.74, 6) is 2.54. The predicted molar refractivity (Wildman–Crippen MR) is 70.2 cm³/mol. The molecule has 0 saturated carbocycles. The fraction of sp³-hybridized carbons (Fsp3) is 0.571. The Morgan fingerprint density at radius 1 is 1.50 bits per heavy atom. The van der Waals surface area contributed by atoms with Crippen LogP contribution >= 0.6 is 0 Å². The lowest BCUT2D eigenvalue weighted by Gasteiger charge is -2.27. The van der Waals surface area contributed by atoms with E-state index in [1.807, 2.05) is 12.1 Å². The summed E-state index contributed by atoms with van der Waals surface area (Å²) in [5.41, 5.74) is 0.632. The molecule has 1 aromatic heterocycles. The molecule has 94 valence electrons. The van der Waals surface area contributed by atoms with Crippen molar-refractivity contribution in [1.82, 2.24) is 10.3 Å². The first-order valence-electron chi connectivity index (χ1n) is 6.67. The minimum Gasteiger partial charge on any atom is -0.353 e. The SMILES string of the molecule is CCC1C2CNCC2CN1c1ccc(C#N)cn1. The highest BCUT2D eigenvalue weighted by Crippen LogP contribution is 2.36. The van der Waals surface area contributed by atoms with Crippen LogP contribution in [0.15, 0.2) is 18.3 Å². The lowest BCUT2D eigenvalue weighted by Crippen LogP contribution is -2.35. The maximum absolute atomic E-state index is 8.81. The first kappa shape index (κ1) is 11.5. The summed E-state index contributed by atoms with van der Waals surface area (Å²) >= 11 is 0. The molecule has 1 aromatic rings.